The Labute approximate surface area is 122 Å². The largest absolute Gasteiger partial charge is 0.337 e. The number of H-pyrrole nitrogens is 1. The second-order valence-corrected chi connectivity index (χ2v) is 5.02. The second kappa shape index (κ2) is 4.63. The quantitative estimate of drug-likeness (QED) is 0.660. The van der Waals surface area contributed by atoms with Crippen molar-refractivity contribution in [2.75, 3.05) is 0 Å². The Morgan fingerprint density at radius 3 is 2.53 bits per heavy atom. The van der Waals surface area contributed by atoms with E-state index in [9.17, 15) is 4.39 Å². The third kappa shape index (κ3) is 2.27. The van der Waals surface area contributed by atoms with Crippen molar-refractivity contribution >= 4 is 46.0 Å². The van der Waals surface area contributed by atoms with Crippen LogP contribution in [-0.2, 0) is 0 Å². The van der Waals surface area contributed by atoms with Crippen molar-refractivity contribution in [2.45, 2.75) is 0 Å². The van der Waals surface area contributed by atoms with Crippen molar-refractivity contribution in [3.63, 3.8) is 0 Å². The van der Waals surface area contributed by atoms with Crippen LogP contribution in [0.1, 0.15) is 0 Å². The van der Waals surface area contributed by atoms with E-state index in [2.05, 4.69) is 15.0 Å². The van der Waals surface area contributed by atoms with Gasteiger partial charge in [-0.1, -0.05) is 34.8 Å². The molecule has 2 heterocycles. The summed E-state index contributed by atoms with van der Waals surface area (Å²) in [5, 5.41) is 0.560. The lowest BCUT2D eigenvalue weighted by molar-refractivity contribution is 0.628. The highest BCUT2D eigenvalue weighted by Crippen LogP contribution is 2.27. The lowest BCUT2D eigenvalue weighted by Gasteiger charge is -1.98. The lowest BCUT2D eigenvalue weighted by atomic mass is 10.2. The number of pyridine rings is 1. The van der Waals surface area contributed by atoms with E-state index in [4.69, 9.17) is 34.8 Å². The van der Waals surface area contributed by atoms with E-state index in [0.29, 0.717) is 27.6 Å². The van der Waals surface area contributed by atoms with Gasteiger partial charge in [0.1, 0.15) is 16.8 Å². The minimum Gasteiger partial charge on any atom is -0.337 e. The minimum atomic E-state index is -0.511. The van der Waals surface area contributed by atoms with E-state index in [1.54, 1.807) is 12.1 Å². The second-order valence-electron chi connectivity index (χ2n) is 3.85. The number of hydrogen-bond acceptors (Lipinski definition) is 2. The molecule has 1 aromatic carbocycles. The summed E-state index contributed by atoms with van der Waals surface area (Å²) < 4.78 is 13.4. The highest BCUT2D eigenvalue weighted by Gasteiger charge is 2.11. The molecule has 0 saturated heterocycles. The first-order chi connectivity index (χ1) is 9.04. The molecule has 96 valence electrons. The fraction of sp³-hybridized carbons (Fsp3) is 0. The Balaban J connectivity index is 2.17. The number of nitrogens with one attached hydrogen (secondary N) is 1. The smallest absolute Gasteiger partial charge is 0.179 e. The van der Waals surface area contributed by atoms with Crippen LogP contribution in [0.5, 0.6) is 0 Å². The summed E-state index contributed by atoms with van der Waals surface area (Å²) in [6, 6.07) is 6.04. The van der Waals surface area contributed by atoms with Crippen LogP contribution in [0.3, 0.4) is 0 Å². The van der Waals surface area contributed by atoms with Crippen molar-refractivity contribution in [3.05, 3.63) is 45.3 Å². The molecule has 2 aromatic heterocycles. The van der Waals surface area contributed by atoms with Crippen molar-refractivity contribution in [1.29, 1.82) is 0 Å². The first-order valence-corrected chi connectivity index (χ1v) is 6.35. The van der Waals surface area contributed by atoms with E-state index in [-0.39, 0.29) is 10.2 Å². The van der Waals surface area contributed by atoms with Crippen LogP contribution in [0.4, 0.5) is 4.39 Å². The highest BCUT2D eigenvalue weighted by molar-refractivity contribution is 6.41. The van der Waals surface area contributed by atoms with E-state index < -0.39 is 5.82 Å². The molecule has 0 saturated carbocycles. The predicted octanol–water partition coefficient (Wildman–Crippen LogP) is 4.72. The number of benzene rings is 1. The molecule has 7 heteroatoms. The van der Waals surface area contributed by atoms with Crippen LogP contribution in [0.25, 0.3) is 22.6 Å². The molecule has 0 aliphatic carbocycles. The standard InChI is InChI=1S/C12H5Cl3FN3/c13-6-2-1-5(3-8(6)16)11-17-9-4-7(14)10(15)18-12(9)19-11/h1-4H,(H,17,18,19). The molecule has 3 rings (SSSR count). The summed E-state index contributed by atoms with van der Waals surface area (Å²) in [6.07, 6.45) is 0. The molecule has 3 aromatic rings. The van der Waals surface area contributed by atoms with Crippen LogP contribution < -0.4 is 0 Å². The molecule has 0 fully saturated rings. The summed E-state index contributed by atoms with van der Waals surface area (Å²) in [5.41, 5.74) is 1.60. The van der Waals surface area contributed by atoms with Gasteiger partial charge in [-0.3, -0.25) is 0 Å². The number of aromatic amines is 1. The van der Waals surface area contributed by atoms with Crippen molar-refractivity contribution in [3.8, 4) is 11.4 Å². The van der Waals surface area contributed by atoms with Crippen LogP contribution in [0.2, 0.25) is 15.2 Å². The molecule has 1 N–H and O–H groups in total. The maximum absolute atomic E-state index is 13.4. The van der Waals surface area contributed by atoms with E-state index in [0.717, 1.165) is 0 Å². The topological polar surface area (TPSA) is 41.6 Å². The molecule has 19 heavy (non-hydrogen) atoms. The number of imidazole rings is 1. The monoisotopic (exact) mass is 315 g/mol. The fourth-order valence-corrected chi connectivity index (χ4v) is 2.08. The molecule has 0 aliphatic heterocycles. The first kappa shape index (κ1) is 12.7. The van der Waals surface area contributed by atoms with Gasteiger partial charge in [0.2, 0.25) is 0 Å². The number of hydrogen-bond donors (Lipinski definition) is 1. The van der Waals surface area contributed by atoms with Crippen LogP contribution in [0, 0.1) is 5.82 Å². The Morgan fingerprint density at radius 2 is 1.79 bits per heavy atom. The summed E-state index contributed by atoms with van der Waals surface area (Å²) in [6.45, 7) is 0. The van der Waals surface area contributed by atoms with E-state index in [1.165, 1.54) is 12.1 Å². The average Bonchev–Trinajstić information content (AvgIpc) is 2.76. The van der Waals surface area contributed by atoms with Gasteiger partial charge in [0.15, 0.2) is 5.65 Å². The highest BCUT2D eigenvalue weighted by atomic mass is 35.5. The molecule has 0 atom stereocenters. The summed E-state index contributed by atoms with van der Waals surface area (Å²) in [4.78, 5) is 11.3. The van der Waals surface area contributed by atoms with Crippen LogP contribution in [-0.4, -0.2) is 15.0 Å². The predicted molar refractivity (Wildman–Crippen MR) is 74.3 cm³/mol. The number of fused-ring (bicyclic) bond motifs is 1. The van der Waals surface area contributed by atoms with Gasteiger partial charge in [0.05, 0.1) is 15.6 Å². The van der Waals surface area contributed by atoms with Crippen LogP contribution in [0.15, 0.2) is 24.3 Å². The molecule has 0 aliphatic rings. The number of rotatable bonds is 1. The molecule has 3 nitrogen and oxygen atoms in total. The molecular weight excluding hydrogens is 312 g/mol. The lowest BCUT2D eigenvalue weighted by Crippen LogP contribution is -1.83. The SMILES string of the molecule is Fc1cc(-c2nc3nc(Cl)c(Cl)cc3[nH]2)ccc1Cl. The molecule has 0 bridgehead atoms. The first-order valence-electron chi connectivity index (χ1n) is 5.22. The molecule has 0 spiro atoms. The van der Waals surface area contributed by atoms with E-state index in [1.807, 2.05) is 0 Å². The maximum atomic E-state index is 13.4. The van der Waals surface area contributed by atoms with Crippen LogP contribution >= 0.6 is 34.8 Å². The zero-order valence-corrected chi connectivity index (χ0v) is 11.5. The van der Waals surface area contributed by atoms with Crippen molar-refractivity contribution in [1.82, 2.24) is 15.0 Å². The zero-order chi connectivity index (χ0) is 13.6. The van der Waals surface area contributed by atoms with Gasteiger partial charge in [0, 0.05) is 5.56 Å². The molecule has 0 radical (unpaired) electrons. The van der Waals surface area contributed by atoms with E-state index >= 15 is 0 Å². The fourth-order valence-electron chi connectivity index (χ4n) is 1.68. The number of aromatic nitrogens is 3. The van der Waals surface area contributed by atoms with Crippen molar-refractivity contribution < 1.29 is 4.39 Å². The normalized spacial score (nSPS) is 11.2. The van der Waals surface area contributed by atoms with Gasteiger partial charge < -0.3 is 4.98 Å². The summed E-state index contributed by atoms with van der Waals surface area (Å²) in [7, 11) is 0. The summed E-state index contributed by atoms with van der Waals surface area (Å²) in [5.74, 6) is -0.0416. The van der Waals surface area contributed by atoms with Gasteiger partial charge in [-0.25, -0.2) is 14.4 Å². The van der Waals surface area contributed by atoms with Gasteiger partial charge in [-0.2, -0.15) is 0 Å². The van der Waals surface area contributed by atoms with Gasteiger partial charge in [-0.05, 0) is 24.3 Å². The Bertz CT molecular complexity index is 746. The minimum absolute atomic E-state index is 0.0593. The molecule has 0 amide bonds. The Morgan fingerprint density at radius 1 is 1.00 bits per heavy atom. The van der Waals surface area contributed by atoms with Gasteiger partial charge in [-0.15, -0.1) is 0 Å². The van der Waals surface area contributed by atoms with Gasteiger partial charge in [0.25, 0.3) is 0 Å². The third-order valence-corrected chi connectivity index (χ3v) is 3.56. The Kier molecular flexibility index (Phi) is 3.09. The van der Waals surface area contributed by atoms with Crippen molar-refractivity contribution in [2.24, 2.45) is 0 Å². The molecule has 0 unspecified atom stereocenters. The third-order valence-electron chi connectivity index (χ3n) is 2.58. The zero-order valence-electron chi connectivity index (χ0n) is 9.22. The summed E-state index contributed by atoms with van der Waals surface area (Å²) >= 11 is 17.3. The number of halogens is 4. The average molecular weight is 317 g/mol. The molecular formula is C12H5Cl3FN3. The van der Waals surface area contributed by atoms with Gasteiger partial charge >= 0.3 is 0 Å². The maximum Gasteiger partial charge on any atom is 0.179 e. The Hall–Kier alpha value is -1.36. The number of nitrogens with zero attached hydrogens (tertiary/aromatic N) is 2.